The monoisotopic (exact) mass is 251 g/mol. The van der Waals surface area contributed by atoms with Gasteiger partial charge in [0.15, 0.2) is 0 Å². The highest BCUT2D eigenvalue weighted by atomic mass is 16.3. The molecule has 1 aromatic carbocycles. The minimum absolute atomic E-state index is 0.0329. The minimum Gasteiger partial charge on any atom is -0.492 e. The van der Waals surface area contributed by atoms with Crippen molar-refractivity contribution in [1.82, 2.24) is 4.90 Å². The fourth-order valence-electron chi connectivity index (χ4n) is 2.03. The Balaban J connectivity index is 2.09. The van der Waals surface area contributed by atoms with Gasteiger partial charge < -0.3 is 10.0 Å². The molecule has 0 spiro atoms. The molecule has 0 amide bonds. The molecule has 0 saturated heterocycles. The Hall–Kier alpha value is -2.62. The number of azo groups is 1. The molecule has 94 valence electrons. The molecule has 1 aromatic rings. The van der Waals surface area contributed by atoms with Crippen LogP contribution in [-0.2, 0) is 0 Å². The van der Waals surface area contributed by atoms with Crippen LogP contribution in [-0.4, -0.2) is 17.1 Å². The van der Waals surface area contributed by atoms with E-state index in [1.807, 2.05) is 66.8 Å². The number of nitrogens with zero attached hydrogens (tertiary/aromatic N) is 3. The maximum Gasteiger partial charge on any atom is 0.241 e. The van der Waals surface area contributed by atoms with Crippen LogP contribution in [0.1, 0.15) is 5.56 Å². The van der Waals surface area contributed by atoms with E-state index in [0.717, 1.165) is 11.1 Å². The Labute approximate surface area is 111 Å². The number of hydrogen-bond donors (Lipinski definition) is 1. The molecule has 0 fully saturated rings. The predicted molar refractivity (Wildman–Crippen MR) is 73.9 cm³/mol. The second-order valence-electron chi connectivity index (χ2n) is 4.37. The average molecular weight is 251 g/mol. The molecule has 2 aliphatic rings. The summed E-state index contributed by atoms with van der Waals surface area (Å²) in [4.78, 5) is 1.95. The van der Waals surface area contributed by atoms with Crippen LogP contribution in [0.4, 0.5) is 0 Å². The summed E-state index contributed by atoms with van der Waals surface area (Å²) in [6, 6.07) is 9.66. The lowest BCUT2D eigenvalue weighted by Crippen LogP contribution is -2.04. The average Bonchev–Trinajstić information content (AvgIpc) is 2.82. The van der Waals surface area contributed by atoms with E-state index >= 15 is 0 Å². The van der Waals surface area contributed by atoms with E-state index in [1.54, 1.807) is 0 Å². The van der Waals surface area contributed by atoms with Gasteiger partial charge in [-0.15, -0.1) is 10.2 Å². The first kappa shape index (κ1) is 11.5. The summed E-state index contributed by atoms with van der Waals surface area (Å²) in [6.07, 6.45) is 7.79. The Morgan fingerprint density at radius 3 is 2.37 bits per heavy atom. The summed E-state index contributed by atoms with van der Waals surface area (Å²) in [5.74, 6) is -0.0329. The molecule has 2 aliphatic heterocycles. The van der Waals surface area contributed by atoms with E-state index in [-0.39, 0.29) is 5.88 Å². The first-order valence-electron chi connectivity index (χ1n) is 5.99. The van der Waals surface area contributed by atoms with Crippen molar-refractivity contribution in [1.29, 1.82) is 0 Å². The van der Waals surface area contributed by atoms with Gasteiger partial charge >= 0.3 is 0 Å². The fourth-order valence-corrected chi connectivity index (χ4v) is 2.03. The molecule has 0 aromatic heterocycles. The zero-order chi connectivity index (χ0) is 13.2. The lowest BCUT2D eigenvalue weighted by Gasteiger charge is -2.13. The molecule has 0 saturated carbocycles. The van der Waals surface area contributed by atoms with Crippen LogP contribution in [0.3, 0.4) is 0 Å². The summed E-state index contributed by atoms with van der Waals surface area (Å²) in [7, 11) is 1.95. The molecule has 2 heterocycles. The van der Waals surface area contributed by atoms with Crippen molar-refractivity contribution >= 4 is 5.57 Å². The van der Waals surface area contributed by atoms with Gasteiger partial charge in [-0.05, 0) is 17.7 Å². The number of aliphatic hydroxyl groups is 1. The molecule has 0 unspecified atom stereocenters. The standard InChI is InChI=1S/C15H13N3O/c1-18-9-7-12(8-10-18)14-13(15(19)17-16-14)11-5-3-2-4-6-11/h2-10,19H,1H3. The molecule has 19 heavy (non-hydrogen) atoms. The van der Waals surface area contributed by atoms with Crippen molar-refractivity contribution in [3.63, 3.8) is 0 Å². The maximum atomic E-state index is 9.92. The van der Waals surface area contributed by atoms with Crippen LogP contribution < -0.4 is 0 Å². The largest absolute Gasteiger partial charge is 0.492 e. The minimum atomic E-state index is -0.0329. The topological polar surface area (TPSA) is 48.2 Å². The number of benzene rings is 1. The summed E-state index contributed by atoms with van der Waals surface area (Å²) in [5, 5.41) is 17.8. The highest BCUT2D eigenvalue weighted by Crippen LogP contribution is 2.35. The molecule has 0 atom stereocenters. The van der Waals surface area contributed by atoms with Crippen molar-refractivity contribution in [2.75, 3.05) is 7.05 Å². The Morgan fingerprint density at radius 2 is 1.68 bits per heavy atom. The first-order valence-corrected chi connectivity index (χ1v) is 5.99. The third-order valence-electron chi connectivity index (χ3n) is 3.02. The molecule has 1 N–H and O–H groups in total. The molecule has 0 radical (unpaired) electrons. The van der Waals surface area contributed by atoms with Gasteiger partial charge in [0.2, 0.25) is 5.88 Å². The molecule has 0 aliphatic carbocycles. The zero-order valence-electron chi connectivity index (χ0n) is 10.5. The lowest BCUT2D eigenvalue weighted by atomic mass is 9.99. The van der Waals surface area contributed by atoms with Crippen LogP contribution in [0.15, 0.2) is 82.3 Å². The van der Waals surface area contributed by atoms with Gasteiger partial charge in [-0.25, -0.2) is 0 Å². The summed E-state index contributed by atoms with van der Waals surface area (Å²) < 4.78 is 0. The highest BCUT2D eigenvalue weighted by Gasteiger charge is 2.22. The SMILES string of the molecule is CN1C=CC(=C2N=NC(O)=C2c2ccccc2)C=C1. The molecule has 4 nitrogen and oxygen atoms in total. The second kappa shape index (κ2) is 4.57. The normalized spacial score (nSPS) is 17.8. The molecule has 3 rings (SSSR count). The quantitative estimate of drug-likeness (QED) is 0.828. The van der Waals surface area contributed by atoms with Crippen LogP contribution >= 0.6 is 0 Å². The third kappa shape index (κ3) is 2.08. The van der Waals surface area contributed by atoms with Crippen LogP contribution in [0.2, 0.25) is 0 Å². The van der Waals surface area contributed by atoms with E-state index in [0.29, 0.717) is 11.3 Å². The van der Waals surface area contributed by atoms with Crippen LogP contribution in [0.25, 0.3) is 5.57 Å². The smallest absolute Gasteiger partial charge is 0.241 e. The summed E-state index contributed by atoms with van der Waals surface area (Å²) in [5.41, 5.74) is 3.22. The maximum absolute atomic E-state index is 9.92. The van der Waals surface area contributed by atoms with E-state index in [4.69, 9.17) is 0 Å². The molecular formula is C15H13N3O. The van der Waals surface area contributed by atoms with E-state index in [1.165, 1.54) is 0 Å². The van der Waals surface area contributed by atoms with Gasteiger partial charge in [-0.3, -0.25) is 0 Å². The van der Waals surface area contributed by atoms with E-state index in [9.17, 15) is 5.11 Å². The Morgan fingerprint density at radius 1 is 1.00 bits per heavy atom. The number of hydrogen-bond acceptors (Lipinski definition) is 4. The zero-order valence-corrected chi connectivity index (χ0v) is 10.5. The second-order valence-corrected chi connectivity index (χ2v) is 4.37. The van der Waals surface area contributed by atoms with Gasteiger partial charge in [-0.1, -0.05) is 30.3 Å². The van der Waals surface area contributed by atoms with Crippen LogP contribution in [0.5, 0.6) is 0 Å². The van der Waals surface area contributed by atoms with Gasteiger partial charge in [-0.2, -0.15) is 0 Å². The lowest BCUT2D eigenvalue weighted by molar-refractivity contribution is 0.408. The Bertz CT molecular complexity index is 635. The van der Waals surface area contributed by atoms with Crippen molar-refractivity contribution in [2.24, 2.45) is 10.2 Å². The summed E-state index contributed by atoms with van der Waals surface area (Å²) >= 11 is 0. The van der Waals surface area contributed by atoms with Crippen molar-refractivity contribution in [2.45, 2.75) is 0 Å². The molecule has 4 heteroatoms. The highest BCUT2D eigenvalue weighted by molar-refractivity contribution is 5.83. The number of aliphatic hydroxyl groups excluding tert-OH is 1. The third-order valence-corrected chi connectivity index (χ3v) is 3.02. The Kier molecular flexibility index (Phi) is 2.76. The number of allylic oxidation sites excluding steroid dienone is 4. The van der Waals surface area contributed by atoms with Gasteiger partial charge in [0.1, 0.15) is 5.70 Å². The van der Waals surface area contributed by atoms with Crippen molar-refractivity contribution in [3.8, 4) is 0 Å². The van der Waals surface area contributed by atoms with Gasteiger partial charge in [0, 0.05) is 25.0 Å². The molecular weight excluding hydrogens is 238 g/mol. The number of rotatable bonds is 1. The predicted octanol–water partition coefficient (Wildman–Crippen LogP) is 3.61. The van der Waals surface area contributed by atoms with Crippen LogP contribution in [0, 0.1) is 0 Å². The van der Waals surface area contributed by atoms with E-state index < -0.39 is 0 Å². The molecule has 0 bridgehead atoms. The van der Waals surface area contributed by atoms with Gasteiger partial charge in [0.25, 0.3) is 0 Å². The summed E-state index contributed by atoms with van der Waals surface area (Å²) in [6.45, 7) is 0. The fraction of sp³-hybridized carbons (Fsp3) is 0.0667. The van der Waals surface area contributed by atoms with Crippen molar-refractivity contribution < 1.29 is 5.11 Å². The van der Waals surface area contributed by atoms with Crippen molar-refractivity contribution in [3.05, 3.63) is 77.6 Å². The van der Waals surface area contributed by atoms with E-state index in [2.05, 4.69) is 10.2 Å². The van der Waals surface area contributed by atoms with Gasteiger partial charge in [0.05, 0.1) is 5.57 Å². The first-order chi connectivity index (χ1) is 9.25.